The average Bonchev–Trinajstić information content (AvgIpc) is 2.48. The average molecular weight is 181 g/mol. The molecule has 1 aromatic heterocycles. The lowest BCUT2D eigenvalue weighted by Crippen LogP contribution is -1.94. The highest BCUT2D eigenvalue weighted by Crippen LogP contribution is 2.10. The first-order valence-electron chi connectivity index (χ1n) is 3.20. The Kier molecular flexibility index (Phi) is 1.52. The predicted octanol–water partition coefficient (Wildman–Crippen LogP) is 0.586. The molecule has 6 heteroatoms. The topological polar surface area (TPSA) is 68.0 Å². The summed E-state index contributed by atoms with van der Waals surface area (Å²) in [4.78, 5) is 0.657. The molecule has 5 nitrogen and oxygen atoms in total. The molecule has 0 aliphatic heterocycles. The van der Waals surface area contributed by atoms with Gasteiger partial charge in [0.15, 0.2) is 8.46 Å². The van der Waals surface area contributed by atoms with Crippen molar-refractivity contribution in [2.45, 2.75) is 0 Å². The van der Waals surface area contributed by atoms with Crippen LogP contribution >= 0.6 is 8.46 Å². The third-order valence-electron chi connectivity index (χ3n) is 1.54. The number of benzene rings is 1. The molecule has 1 N–H and O–H groups in total. The van der Waals surface area contributed by atoms with Gasteiger partial charge >= 0.3 is 0 Å². The lowest BCUT2D eigenvalue weighted by molar-refractivity contribution is 0.155. The van der Waals surface area contributed by atoms with Crippen LogP contribution < -0.4 is 5.30 Å². The maximum Gasteiger partial charge on any atom is 0.194 e. The van der Waals surface area contributed by atoms with Gasteiger partial charge in [-0.25, -0.2) is 0 Å². The minimum absolute atomic E-state index is 0.123. The van der Waals surface area contributed by atoms with Crippen LogP contribution in [0.3, 0.4) is 0 Å². The second kappa shape index (κ2) is 2.53. The third-order valence-corrected chi connectivity index (χ3v) is 2.09. The molecule has 0 aliphatic carbocycles. The van der Waals surface area contributed by atoms with Crippen molar-refractivity contribution >= 4 is 24.8 Å². The smallest absolute Gasteiger partial charge is 0.194 e. The molecule has 2 aromatic rings. The SMILES string of the molecule is O=Pc1cccc2c1nnn2O. The van der Waals surface area contributed by atoms with Crippen LogP contribution in [0.15, 0.2) is 18.2 Å². The second-order valence-corrected chi connectivity index (χ2v) is 2.88. The van der Waals surface area contributed by atoms with Gasteiger partial charge in [0.05, 0.1) is 5.30 Å². The first kappa shape index (κ1) is 7.18. The molecule has 0 amide bonds. The van der Waals surface area contributed by atoms with E-state index in [1.807, 2.05) is 0 Å². The van der Waals surface area contributed by atoms with Gasteiger partial charge in [-0.05, 0) is 17.3 Å². The van der Waals surface area contributed by atoms with Crippen molar-refractivity contribution in [3.05, 3.63) is 18.2 Å². The molecule has 0 fully saturated rings. The summed E-state index contributed by atoms with van der Waals surface area (Å²) >= 11 is 0. The zero-order chi connectivity index (χ0) is 8.55. The molecule has 12 heavy (non-hydrogen) atoms. The maximum atomic E-state index is 10.6. The van der Waals surface area contributed by atoms with Crippen LogP contribution in [0.5, 0.6) is 0 Å². The maximum absolute atomic E-state index is 10.6. The number of nitrogens with zero attached hydrogens (tertiary/aromatic N) is 3. The van der Waals surface area contributed by atoms with E-state index in [2.05, 4.69) is 10.3 Å². The Balaban J connectivity index is 2.89. The van der Waals surface area contributed by atoms with Crippen molar-refractivity contribution in [1.82, 2.24) is 15.2 Å². The molecule has 60 valence electrons. The molecule has 1 aromatic carbocycles. The minimum Gasteiger partial charge on any atom is -0.410 e. The molecular formula is C6H4N3O2P. The highest BCUT2D eigenvalue weighted by atomic mass is 31.1. The summed E-state index contributed by atoms with van der Waals surface area (Å²) in [6.07, 6.45) is 0. The van der Waals surface area contributed by atoms with E-state index in [1.54, 1.807) is 18.2 Å². The molecule has 0 aliphatic rings. The summed E-state index contributed by atoms with van der Waals surface area (Å²) in [6, 6.07) is 4.98. The van der Waals surface area contributed by atoms with E-state index in [0.717, 1.165) is 0 Å². The monoisotopic (exact) mass is 181 g/mol. The van der Waals surface area contributed by atoms with Gasteiger partial charge in [0.25, 0.3) is 0 Å². The second-order valence-electron chi connectivity index (χ2n) is 2.22. The van der Waals surface area contributed by atoms with Crippen LogP contribution in [-0.4, -0.2) is 20.4 Å². The Morgan fingerprint density at radius 1 is 1.50 bits per heavy atom. The molecule has 0 radical (unpaired) electrons. The van der Waals surface area contributed by atoms with Crippen molar-refractivity contribution in [3.63, 3.8) is 0 Å². The molecule has 0 atom stereocenters. The Hall–Kier alpha value is -1.48. The fraction of sp³-hybridized carbons (Fsp3) is 0. The Labute approximate surface area is 68.8 Å². The van der Waals surface area contributed by atoms with E-state index in [9.17, 15) is 4.57 Å². The van der Waals surface area contributed by atoms with Gasteiger partial charge in [-0.2, -0.15) is 0 Å². The number of fused-ring (bicyclic) bond motifs is 1. The van der Waals surface area contributed by atoms with Gasteiger partial charge in [-0.15, -0.1) is 5.10 Å². The number of rotatable bonds is 1. The van der Waals surface area contributed by atoms with Crippen molar-refractivity contribution < 1.29 is 9.77 Å². The fourth-order valence-corrected chi connectivity index (χ4v) is 1.38. The van der Waals surface area contributed by atoms with Crippen LogP contribution in [-0.2, 0) is 4.57 Å². The molecule has 1 heterocycles. The van der Waals surface area contributed by atoms with E-state index in [-0.39, 0.29) is 8.46 Å². The summed E-state index contributed by atoms with van der Waals surface area (Å²) in [5.74, 6) is 0. The fourth-order valence-electron chi connectivity index (χ4n) is 0.992. The normalized spacial score (nSPS) is 11.0. The summed E-state index contributed by atoms with van der Waals surface area (Å²) in [6.45, 7) is 0. The summed E-state index contributed by atoms with van der Waals surface area (Å²) in [5, 5.41) is 16.6. The van der Waals surface area contributed by atoms with E-state index in [0.29, 0.717) is 21.2 Å². The quantitative estimate of drug-likeness (QED) is 0.516. The van der Waals surface area contributed by atoms with Gasteiger partial charge in [0.2, 0.25) is 0 Å². The highest BCUT2D eigenvalue weighted by molar-refractivity contribution is 7.34. The lowest BCUT2D eigenvalue weighted by atomic mass is 10.3. The number of hydrogen-bond donors (Lipinski definition) is 1. The van der Waals surface area contributed by atoms with Crippen LogP contribution in [0, 0.1) is 0 Å². The molecule has 2 rings (SSSR count). The first-order valence-corrected chi connectivity index (χ1v) is 4.01. The first-order chi connectivity index (χ1) is 5.83. The van der Waals surface area contributed by atoms with Gasteiger partial charge in [0.1, 0.15) is 11.0 Å². The molecule has 0 spiro atoms. The largest absolute Gasteiger partial charge is 0.410 e. The van der Waals surface area contributed by atoms with Gasteiger partial charge < -0.3 is 5.21 Å². The van der Waals surface area contributed by atoms with Crippen molar-refractivity contribution in [1.29, 1.82) is 0 Å². The summed E-state index contributed by atoms with van der Waals surface area (Å²) in [5.41, 5.74) is 0.910. The third kappa shape index (κ3) is 0.871. The van der Waals surface area contributed by atoms with Gasteiger partial charge in [-0.3, -0.25) is 4.57 Å². The Morgan fingerprint density at radius 3 is 3.08 bits per heavy atom. The van der Waals surface area contributed by atoms with Crippen LogP contribution in [0.25, 0.3) is 11.0 Å². The molecule has 0 saturated carbocycles. The Bertz CT molecular complexity index is 439. The zero-order valence-electron chi connectivity index (χ0n) is 5.88. The van der Waals surface area contributed by atoms with E-state index in [4.69, 9.17) is 5.21 Å². The van der Waals surface area contributed by atoms with Crippen LogP contribution in [0.1, 0.15) is 0 Å². The number of hydrogen-bond acceptors (Lipinski definition) is 4. The minimum atomic E-state index is -0.123. The standard InChI is InChI=1S/C6H4N3O2P/c10-9-4-2-1-3-5(12-11)6(4)7-8-9/h1-3,10H. The summed E-state index contributed by atoms with van der Waals surface area (Å²) < 4.78 is 10.6. The molecule has 0 unspecified atom stereocenters. The summed E-state index contributed by atoms with van der Waals surface area (Å²) in [7, 11) is -0.123. The zero-order valence-corrected chi connectivity index (χ0v) is 6.77. The van der Waals surface area contributed by atoms with E-state index in [1.165, 1.54) is 0 Å². The molecule has 0 bridgehead atoms. The van der Waals surface area contributed by atoms with Crippen molar-refractivity contribution in [3.8, 4) is 0 Å². The molecule has 0 saturated heterocycles. The van der Waals surface area contributed by atoms with Crippen molar-refractivity contribution in [2.75, 3.05) is 0 Å². The van der Waals surface area contributed by atoms with Crippen molar-refractivity contribution in [2.24, 2.45) is 0 Å². The predicted molar refractivity (Wildman–Crippen MR) is 42.0 cm³/mol. The Morgan fingerprint density at radius 2 is 2.33 bits per heavy atom. The number of aromatic nitrogens is 3. The van der Waals surface area contributed by atoms with Crippen LogP contribution in [0.4, 0.5) is 0 Å². The van der Waals surface area contributed by atoms with Gasteiger partial charge in [0, 0.05) is 0 Å². The van der Waals surface area contributed by atoms with Gasteiger partial charge in [-0.1, -0.05) is 10.9 Å². The lowest BCUT2D eigenvalue weighted by Gasteiger charge is -1.90. The highest BCUT2D eigenvalue weighted by Gasteiger charge is 2.06. The van der Waals surface area contributed by atoms with Crippen LogP contribution in [0.2, 0.25) is 0 Å². The molecular weight excluding hydrogens is 177 g/mol. The van der Waals surface area contributed by atoms with E-state index >= 15 is 0 Å². The van der Waals surface area contributed by atoms with E-state index < -0.39 is 0 Å².